The monoisotopic (exact) mass is 298 g/mol. The number of amides is 1. The first-order chi connectivity index (χ1) is 10.8. The van der Waals surface area contributed by atoms with E-state index < -0.39 is 0 Å². The molecular formula is C19H26N2O. The van der Waals surface area contributed by atoms with Gasteiger partial charge in [0.25, 0.3) is 0 Å². The summed E-state index contributed by atoms with van der Waals surface area (Å²) < 4.78 is 0. The second-order valence-electron chi connectivity index (χ2n) is 7.42. The highest BCUT2D eigenvalue weighted by Gasteiger charge is 2.34. The van der Waals surface area contributed by atoms with Gasteiger partial charge in [0.05, 0.1) is 0 Å². The van der Waals surface area contributed by atoms with Crippen molar-refractivity contribution in [3.8, 4) is 0 Å². The topological polar surface area (TPSA) is 41.1 Å². The van der Waals surface area contributed by atoms with Gasteiger partial charge in [0.15, 0.2) is 0 Å². The lowest BCUT2D eigenvalue weighted by atomic mass is 9.89. The highest BCUT2D eigenvalue weighted by molar-refractivity contribution is 5.76. The number of hydrogen-bond acceptors (Lipinski definition) is 2. The second kappa shape index (κ2) is 6.04. The maximum absolute atomic E-state index is 12.3. The summed E-state index contributed by atoms with van der Waals surface area (Å²) in [6.45, 7) is 0.813. The van der Waals surface area contributed by atoms with Gasteiger partial charge in [0.1, 0.15) is 0 Å². The second-order valence-corrected chi connectivity index (χ2v) is 7.42. The number of rotatable bonds is 4. The van der Waals surface area contributed by atoms with Crippen LogP contribution in [0.2, 0.25) is 0 Å². The summed E-state index contributed by atoms with van der Waals surface area (Å²) in [6, 6.07) is 10.0. The molecule has 3 aliphatic rings. The molecule has 1 aromatic carbocycles. The van der Waals surface area contributed by atoms with Gasteiger partial charge in [-0.05, 0) is 55.6 Å². The Balaban J connectivity index is 1.27. The lowest BCUT2D eigenvalue weighted by molar-refractivity contribution is -0.122. The van der Waals surface area contributed by atoms with Crippen molar-refractivity contribution in [3.63, 3.8) is 0 Å². The molecule has 1 amide bonds. The third-order valence-electron chi connectivity index (χ3n) is 5.85. The zero-order chi connectivity index (χ0) is 14.9. The van der Waals surface area contributed by atoms with Gasteiger partial charge in [-0.25, -0.2) is 0 Å². The fourth-order valence-corrected chi connectivity index (χ4v) is 4.77. The van der Waals surface area contributed by atoms with Gasteiger partial charge in [0.2, 0.25) is 5.91 Å². The molecule has 2 heterocycles. The first-order valence-electron chi connectivity index (χ1n) is 8.88. The van der Waals surface area contributed by atoms with E-state index in [1.54, 1.807) is 0 Å². The highest BCUT2D eigenvalue weighted by atomic mass is 16.1. The number of benzene rings is 1. The molecule has 22 heavy (non-hydrogen) atoms. The van der Waals surface area contributed by atoms with Crippen LogP contribution in [0.1, 0.15) is 55.6 Å². The van der Waals surface area contributed by atoms with Gasteiger partial charge in [-0.3, -0.25) is 4.79 Å². The quantitative estimate of drug-likeness (QED) is 0.897. The maximum atomic E-state index is 12.3. The average molecular weight is 298 g/mol. The van der Waals surface area contributed by atoms with Gasteiger partial charge in [-0.1, -0.05) is 24.3 Å². The van der Waals surface area contributed by atoms with Crippen molar-refractivity contribution in [1.29, 1.82) is 0 Å². The molecule has 3 heteroatoms. The number of hydrogen-bond donors (Lipinski definition) is 2. The highest BCUT2D eigenvalue weighted by Crippen LogP contribution is 2.33. The molecule has 1 aliphatic carbocycles. The summed E-state index contributed by atoms with van der Waals surface area (Å²) in [7, 11) is 0. The smallest absolute Gasteiger partial charge is 0.220 e. The van der Waals surface area contributed by atoms with E-state index in [0.717, 1.165) is 19.4 Å². The lowest BCUT2D eigenvalue weighted by Crippen LogP contribution is -2.40. The Bertz CT molecular complexity index is 544. The minimum absolute atomic E-state index is 0.260. The molecule has 118 valence electrons. The van der Waals surface area contributed by atoms with Gasteiger partial charge in [0, 0.05) is 31.0 Å². The number of fused-ring (bicyclic) bond motifs is 3. The third kappa shape index (κ3) is 2.91. The van der Waals surface area contributed by atoms with Crippen LogP contribution >= 0.6 is 0 Å². The first kappa shape index (κ1) is 14.3. The van der Waals surface area contributed by atoms with Crippen LogP contribution in [0.25, 0.3) is 0 Å². The predicted molar refractivity (Wildman–Crippen MR) is 87.8 cm³/mol. The fourth-order valence-electron chi connectivity index (χ4n) is 4.77. The number of carbonyl (C=O) groups is 1. The predicted octanol–water partition coefficient (Wildman–Crippen LogP) is 2.75. The van der Waals surface area contributed by atoms with Crippen LogP contribution in [0.15, 0.2) is 24.3 Å². The first-order valence-corrected chi connectivity index (χ1v) is 8.88. The average Bonchev–Trinajstić information content (AvgIpc) is 3.08. The fraction of sp³-hybridized carbons (Fsp3) is 0.632. The minimum atomic E-state index is 0.260. The largest absolute Gasteiger partial charge is 0.355 e. The molecular weight excluding hydrogens is 272 g/mol. The van der Waals surface area contributed by atoms with Gasteiger partial charge < -0.3 is 10.6 Å². The van der Waals surface area contributed by atoms with E-state index in [1.165, 1.54) is 43.2 Å². The Hall–Kier alpha value is -1.35. The summed E-state index contributed by atoms with van der Waals surface area (Å²) >= 11 is 0. The summed E-state index contributed by atoms with van der Waals surface area (Å²) in [5.74, 6) is 1.37. The third-order valence-corrected chi connectivity index (χ3v) is 5.85. The molecule has 3 atom stereocenters. The molecule has 0 aromatic heterocycles. The molecule has 2 aliphatic heterocycles. The van der Waals surface area contributed by atoms with Crippen molar-refractivity contribution in [1.82, 2.24) is 10.6 Å². The van der Waals surface area contributed by atoms with Crippen molar-refractivity contribution < 1.29 is 4.79 Å². The number of nitrogens with one attached hydrogen (secondary N) is 2. The zero-order valence-corrected chi connectivity index (χ0v) is 13.2. The van der Waals surface area contributed by atoms with Gasteiger partial charge in [-0.2, -0.15) is 0 Å². The summed E-state index contributed by atoms with van der Waals surface area (Å²) in [6.07, 6.45) is 8.06. The Kier molecular flexibility index (Phi) is 3.91. The normalized spacial score (nSPS) is 32.7. The molecule has 2 saturated heterocycles. The molecule has 3 unspecified atom stereocenters. The van der Waals surface area contributed by atoms with Crippen LogP contribution in [0.4, 0.5) is 0 Å². The van der Waals surface area contributed by atoms with Crippen molar-refractivity contribution in [3.05, 3.63) is 35.4 Å². The van der Waals surface area contributed by atoms with E-state index >= 15 is 0 Å². The van der Waals surface area contributed by atoms with E-state index in [2.05, 4.69) is 34.9 Å². The molecule has 0 radical (unpaired) electrons. The summed E-state index contributed by atoms with van der Waals surface area (Å²) in [5, 5.41) is 6.85. The summed E-state index contributed by atoms with van der Waals surface area (Å²) in [5.41, 5.74) is 2.92. The number of aryl methyl sites for hydroxylation is 1. The van der Waals surface area contributed by atoms with Crippen molar-refractivity contribution in [2.45, 2.75) is 62.9 Å². The molecule has 4 rings (SSSR count). The van der Waals surface area contributed by atoms with Crippen LogP contribution in [0, 0.1) is 5.92 Å². The van der Waals surface area contributed by atoms with Crippen molar-refractivity contribution >= 4 is 5.91 Å². The van der Waals surface area contributed by atoms with E-state index in [4.69, 9.17) is 0 Å². The van der Waals surface area contributed by atoms with Crippen LogP contribution in [-0.2, 0) is 11.2 Å². The van der Waals surface area contributed by atoms with E-state index in [-0.39, 0.29) is 5.91 Å². The van der Waals surface area contributed by atoms with E-state index in [0.29, 0.717) is 23.9 Å². The zero-order valence-electron chi connectivity index (χ0n) is 13.2. The minimum Gasteiger partial charge on any atom is -0.355 e. The summed E-state index contributed by atoms with van der Waals surface area (Å²) in [4.78, 5) is 12.3. The number of piperidine rings is 1. The molecule has 3 nitrogen and oxygen atoms in total. The Morgan fingerprint density at radius 3 is 2.73 bits per heavy atom. The SMILES string of the molecule is O=C(CC1CC2CCC(C1)N2)NCC1CCc2ccccc21. The van der Waals surface area contributed by atoms with Crippen molar-refractivity contribution in [2.75, 3.05) is 6.54 Å². The lowest BCUT2D eigenvalue weighted by Gasteiger charge is -2.28. The van der Waals surface area contributed by atoms with Crippen molar-refractivity contribution in [2.24, 2.45) is 5.92 Å². The standard InChI is InChI=1S/C19H26N2O/c22-19(11-13-9-16-7-8-17(10-13)21-16)20-12-15-6-5-14-3-1-2-4-18(14)15/h1-4,13,15-17,21H,5-12H2,(H,20,22). The van der Waals surface area contributed by atoms with Gasteiger partial charge >= 0.3 is 0 Å². The molecule has 1 aromatic rings. The molecule has 0 spiro atoms. The number of carbonyl (C=O) groups excluding carboxylic acids is 1. The van der Waals surface area contributed by atoms with Gasteiger partial charge in [-0.15, -0.1) is 0 Å². The molecule has 0 saturated carbocycles. The van der Waals surface area contributed by atoms with Crippen LogP contribution in [0.3, 0.4) is 0 Å². The Morgan fingerprint density at radius 1 is 1.14 bits per heavy atom. The molecule has 2 fully saturated rings. The van der Waals surface area contributed by atoms with Crippen LogP contribution < -0.4 is 10.6 Å². The van der Waals surface area contributed by atoms with E-state index in [1.807, 2.05) is 0 Å². The molecule has 2 bridgehead atoms. The molecule has 2 N–H and O–H groups in total. The van der Waals surface area contributed by atoms with Crippen LogP contribution in [-0.4, -0.2) is 24.5 Å². The van der Waals surface area contributed by atoms with E-state index in [9.17, 15) is 4.79 Å². The Labute approximate surface area is 132 Å². The maximum Gasteiger partial charge on any atom is 0.220 e. The Morgan fingerprint density at radius 2 is 1.91 bits per heavy atom. The van der Waals surface area contributed by atoms with Crippen LogP contribution in [0.5, 0.6) is 0 Å².